The van der Waals surface area contributed by atoms with E-state index in [0.29, 0.717) is 6.01 Å². The van der Waals surface area contributed by atoms with E-state index < -0.39 is 0 Å². The van der Waals surface area contributed by atoms with E-state index in [-0.39, 0.29) is 13.2 Å². The lowest BCUT2D eigenvalue weighted by molar-refractivity contribution is 0.192. The maximum absolute atomic E-state index is 8.28. The largest absolute Gasteiger partial charge is 0.461 e. The predicted molar refractivity (Wildman–Crippen MR) is 29.0 cm³/mol. The van der Waals surface area contributed by atoms with Crippen molar-refractivity contribution in [3.63, 3.8) is 0 Å². The van der Waals surface area contributed by atoms with Gasteiger partial charge in [0.2, 0.25) is 0 Å². The highest BCUT2D eigenvalue weighted by atomic mass is 16.5. The summed E-state index contributed by atoms with van der Waals surface area (Å²) in [5.41, 5.74) is 0. The Hall–Kier alpha value is -1.10. The van der Waals surface area contributed by atoms with E-state index in [4.69, 9.17) is 9.84 Å². The Morgan fingerprint density at radius 1 is 1.78 bits per heavy atom. The molecule has 0 unspecified atom stereocenters. The summed E-state index contributed by atoms with van der Waals surface area (Å²) in [5, 5.41) is 14.3. The quantitative estimate of drug-likeness (QED) is 0.559. The Labute approximate surface area is 51.7 Å². The molecular formula is C4H7N3O2. The molecule has 0 radical (unpaired) electrons. The number of nitrogens with zero attached hydrogens (tertiary/aromatic N) is 2. The summed E-state index contributed by atoms with van der Waals surface area (Å²) in [6, 6.07) is 0.337. The number of hydrogen-bond donors (Lipinski definition) is 2. The van der Waals surface area contributed by atoms with Crippen LogP contribution in [0.2, 0.25) is 0 Å². The molecule has 0 aliphatic rings. The number of rotatable bonds is 3. The summed E-state index contributed by atoms with van der Waals surface area (Å²) in [5.74, 6) is 0. The van der Waals surface area contributed by atoms with Crippen molar-refractivity contribution in [1.82, 2.24) is 15.2 Å². The zero-order chi connectivity index (χ0) is 6.53. The maximum Gasteiger partial charge on any atom is 0.312 e. The van der Waals surface area contributed by atoms with Crippen molar-refractivity contribution in [3.05, 3.63) is 6.33 Å². The molecule has 1 aromatic rings. The molecule has 1 aromatic heterocycles. The van der Waals surface area contributed by atoms with Crippen LogP contribution in [-0.4, -0.2) is 33.5 Å². The standard InChI is InChI=1S/C4H7N3O2/c8-1-2-9-4-5-3-6-7-4/h3,8H,1-2H2,(H,5,6,7). The van der Waals surface area contributed by atoms with Gasteiger partial charge in [0.05, 0.1) is 6.61 Å². The highest BCUT2D eigenvalue weighted by Crippen LogP contribution is 1.93. The summed E-state index contributed by atoms with van der Waals surface area (Å²) in [7, 11) is 0. The van der Waals surface area contributed by atoms with Crippen molar-refractivity contribution in [2.24, 2.45) is 0 Å². The molecule has 1 rings (SSSR count). The molecule has 0 aliphatic heterocycles. The first-order valence-corrected chi connectivity index (χ1v) is 2.52. The molecule has 9 heavy (non-hydrogen) atoms. The summed E-state index contributed by atoms with van der Waals surface area (Å²) in [4.78, 5) is 3.65. The number of aliphatic hydroxyl groups is 1. The zero-order valence-corrected chi connectivity index (χ0v) is 4.74. The Morgan fingerprint density at radius 3 is 3.22 bits per heavy atom. The fourth-order valence-corrected chi connectivity index (χ4v) is 0.406. The number of nitrogens with one attached hydrogen (secondary N) is 1. The summed E-state index contributed by atoms with van der Waals surface area (Å²) in [6.07, 6.45) is 1.34. The van der Waals surface area contributed by atoms with Gasteiger partial charge < -0.3 is 9.84 Å². The van der Waals surface area contributed by atoms with Crippen LogP contribution in [0.4, 0.5) is 0 Å². The van der Waals surface area contributed by atoms with Gasteiger partial charge in [0, 0.05) is 0 Å². The summed E-state index contributed by atoms with van der Waals surface area (Å²) < 4.78 is 4.82. The molecule has 0 aliphatic carbocycles. The van der Waals surface area contributed by atoms with Gasteiger partial charge in [0.15, 0.2) is 0 Å². The van der Waals surface area contributed by atoms with Gasteiger partial charge in [0.25, 0.3) is 0 Å². The molecule has 0 aromatic carbocycles. The number of aromatic nitrogens is 3. The molecule has 0 saturated heterocycles. The van der Waals surface area contributed by atoms with E-state index in [0.717, 1.165) is 0 Å². The lowest BCUT2D eigenvalue weighted by Gasteiger charge is -1.94. The molecule has 1 heterocycles. The third-order valence-corrected chi connectivity index (χ3v) is 0.723. The van der Waals surface area contributed by atoms with Crippen molar-refractivity contribution >= 4 is 0 Å². The molecule has 0 bridgehead atoms. The number of ether oxygens (including phenoxy) is 1. The van der Waals surface area contributed by atoms with Crippen LogP contribution in [0.25, 0.3) is 0 Å². The molecule has 50 valence electrons. The van der Waals surface area contributed by atoms with Gasteiger partial charge >= 0.3 is 6.01 Å². The van der Waals surface area contributed by atoms with Crippen LogP contribution in [0.15, 0.2) is 6.33 Å². The van der Waals surface area contributed by atoms with Crippen molar-refractivity contribution in [1.29, 1.82) is 0 Å². The van der Waals surface area contributed by atoms with E-state index >= 15 is 0 Å². The highest BCUT2D eigenvalue weighted by molar-refractivity contribution is 4.84. The third kappa shape index (κ3) is 1.69. The first kappa shape index (κ1) is 6.03. The Morgan fingerprint density at radius 2 is 2.67 bits per heavy atom. The van der Waals surface area contributed by atoms with Crippen molar-refractivity contribution in [2.75, 3.05) is 13.2 Å². The Bertz CT molecular complexity index is 151. The van der Waals surface area contributed by atoms with Gasteiger partial charge in [-0.05, 0) is 0 Å². The van der Waals surface area contributed by atoms with Crippen LogP contribution in [0, 0.1) is 0 Å². The van der Waals surface area contributed by atoms with Gasteiger partial charge in [-0.3, -0.25) is 0 Å². The van der Waals surface area contributed by atoms with Gasteiger partial charge in [-0.1, -0.05) is 0 Å². The van der Waals surface area contributed by atoms with E-state index in [2.05, 4.69) is 15.2 Å². The van der Waals surface area contributed by atoms with E-state index in [9.17, 15) is 0 Å². The fraction of sp³-hybridized carbons (Fsp3) is 0.500. The maximum atomic E-state index is 8.28. The normalized spacial score (nSPS) is 9.44. The SMILES string of the molecule is OCCOc1ncn[nH]1. The third-order valence-electron chi connectivity index (χ3n) is 0.723. The van der Waals surface area contributed by atoms with Gasteiger partial charge in [-0.25, -0.2) is 5.10 Å². The molecule has 5 heteroatoms. The fourth-order valence-electron chi connectivity index (χ4n) is 0.406. The van der Waals surface area contributed by atoms with Crippen LogP contribution < -0.4 is 4.74 Å². The lowest BCUT2D eigenvalue weighted by Crippen LogP contribution is -2.02. The van der Waals surface area contributed by atoms with E-state index in [1.165, 1.54) is 6.33 Å². The van der Waals surface area contributed by atoms with Gasteiger partial charge in [-0.15, -0.1) is 0 Å². The van der Waals surface area contributed by atoms with Crippen LogP contribution in [0.1, 0.15) is 0 Å². The molecule has 0 fully saturated rings. The van der Waals surface area contributed by atoms with Crippen LogP contribution >= 0.6 is 0 Å². The minimum atomic E-state index is -0.0132. The second-order valence-electron chi connectivity index (χ2n) is 1.36. The molecular weight excluding hydrogens is 122 g/mol. The monoisotopic (exact) mass is 129 g/mol. The van der Waals surface area contributed by atoms with Crippen molar-refractivity contribution < 1.29 is 9.84 Å². The molecule has 0 atom stereocenters. The minimum Gasteiger partial charge on any atom is -0.461 e. The molecule has 0 amide bonds. The average Bonchev–Trinajstić information content (AvgIpc) is 2.34. The number of aromatic amines is 1. The summed E-state index contributed by atoms with van der Waals surface area (Å²) in [6.45, 7) is 0.232. The molecule has 0 spiro atoms. The van der Waals surface area contributed by atoms with Gasteiger partial charge in [-0.2, -0.15) is 10.1 Å². The smallest absolute Gasteiger partial charge is 0.312 e. The zero-order valence-electron chi connectivity index (χ0n) is 4.74. The Balaban J connectivity index is 2.30. The second-order valence-corrected chi connectivity index (χ2v) is 1.36. The predicted octanol–water partition coefficient (Wildman–Crippen LogP) is -0.824. The topological polar surface area (TPSA) is 71.0 Å². The van der Waals surface area contributed by atoms with Gasteiger partial charge in [0.1, 0.15) is 12.9 Å². The summed E-state index contributed by atoms with van der Waals surface area (Å²) >= 11 is 0. The minimum absolute atomic E-state index is 0.0132. The van der Waals surface area contributed by atoms with Crippen molar-refractivity contribution in [2.45, 2.75) is 0 Å². The first-order chi connectivity index (χ1) is 4.43. The first-order valence-electron chi connectivity index (χ1n) is 2.52. The van der Waals surface area contributed by atoms with E-state index in [1.54, 1.807) is 0 Å². The second kappa shape index (κ2) is 3.03. The van der Waals surface area contributed by atoms with Crippen LogP contribution in [0.3, 0.4) is 0 Å². The van der Waals surface area contributed by atoms with Crippen molar-refractivity contribution in [3.8, 4) is 6.01 Å². The molecule has 5 nitrogen and oxygen atoms in total. The number of hydrogen-bond acceptors (Lipinski definition) is 4. The molecule has 2 N–H and O–H groups in total. The molecule has 0 saturated carbocycles. The van der Waals surface area contributed by atoms with E-state index in [1.807, 2.05) is 0 Å². The van der Waals surface area contributed by atoms with Crippen LogP contribution in [-0.2, 0) is 0 Å². The van der Waals surface area contributed by atoms with Crippen LogP contribution in [0.5, 0.6) is 6.01 Å². The average molecular weight is 129 g/mol. The Kier molecular flexibility index (Phi) is 2.03. The highest BCUT2D eigenvalue weighted by Gasteiger charge is 1.91. The number of aliphatic hydroxyl groups excluding tert-OH is 1. The lowest BCUT2D eigenvalue weighted by atomic mass is 10.8. The number of H-pyrrole nitrogens is 1.